The normalized spacial score (nSPS) is 13.6. The summed E-state index contributed by atoms with van der Waals surface area (Å²) in [5, 5.41) is 8.09. The van der Waals surface area contributed by atoms with Crippen LogP contribution in [0.2, 0.25) is 0 Å². The average molecular weight is 277 g/mol. The molecule has 0 atom stereocenters. The van der Waals surface area contributed by atoms with Crippen LogP contribution in [0, 0.1) is 0 Å². The van der Waals surface area contributed by atoms with E-state index in [2.05, 4.69) is 4.89 Å². The van der Waals surface area contributed by atoms with Gasteiger partial charge in [0.05, 0.1) is 11.1 Å². The lowest BCUT2D eigenvalue weighted by Crippen LogP contribution is -2.30. The maximum Gasteiger partial charge on any atom is 0.342 e. The van der Waals surface area contributed by atoms with Crippen molar-refractivity contribution in [2.24, 2.45) is 0 Å². The Labute approximate surface area is 115 Å². The minimum Gasteiger partial charge on any atom is -0.301 e. The third kappa shape index (κ3) is 2.85. The maximum atomic E-state index is 12.0. The molecule has 0 fully saturated rings. The van der Waals surface area contributed by atoms with Crippen LogP contribution < -0.4 is 0 Å². The van der Waals surface area contributed by atoms with E-state index in [1.807, 2.05) is 0 Å². The summed E-state index contributed by atoms with van der Waals surface area (Å²) in [5.74, 6) is -1.20. The summed E-state index contributed by atoms with van der Waals surface area (Å²) >= 11 is 0. The van der Waals surface area contributed by atoms with Gasteiger partial charge < -0.3 is 4.89 Å². The first-order valence-electron chi connectivity index (χ1n) is 6.44. The molecule has 0 aromatic heterocycles. The van der Waals surface area contributed by atoms with Crippen LogP contribution in [0.4, 0.5) is 0 Å². The SMILES string of the molecule is O=C(CCCCCN1C(=O)c2ccccc2C1=O)OO. The van der Waals surface area contributed by atoms with Crippen molar-refractivity contribution in [1.29, 1.82) is 0 Å². The highest BCUT2D eigenvalue weighted by atomic mass is 17.1. The van der Waals surface area contributed by atoms with E-state index in [9.17, 15) is 14.4 Å². The lowest BCUT2D eigenvalue weighted by Gasteiger charge is -2.13. The Balaban J connectivity index is 1.82. The molecule has 1 aliphatic rings. The lowest BCUT2D eigenvalue weighted by atomic mass is 10.1. The van der Waals surface area contributed by atoms with Crippen LogP contribution in [0.3, 0.4) is 0 Å². The van der Waals surface area contributed by atoms with E-state index in [4.69, 9.17) is 5.26 Å². The first-order chi connectivity index (χ1) is 9.65. The van der Waals surface area contributed by atoms with Crippen LogP contribution in [-0.4, -0.2) is 34.5 Å². The van der Waals surface area contributed by atoms with E-state index in [1.165, 1.54) is 4.90 Å². The molecule has 0 spiro atoms. The maximum absolute atomic E-state index is 12.0. The molecule has 2 rings (SSSR count). The molecular weight excluding hydrogens is 262 g/mol. The summed E-state index contributed by atoms with van der Waals surface area (Å²) in [4.78, 5) is 39.5. The number of hydrogen-bond acceptors (Lipinski definition) is 5. The Bertz CT molecular complexity index is 505. The number of rotatable bonds is 6. The molecule has 6 nitrogen and oxygen atoms in total. The molecule has 1 heterocycles. The van der Waals surface area contributed by atoms with Gasteiger partial charge in [-0.2, -0.15) is 5.26 Å². The number of unbranched alkanes of at least 4 members (excludes halogenated alkanes) is 2. The smallest absolute Gasteiger partial charge is 0.301 e. The summed E-state index contributed by atoms with van der Waals surface area (Å²) in [7, 11) is 0. The third-order valence-electron chi connectivity index (χ3n) is 3.24. The molecule has 0 saturated carbocycles. The van der Waals surface area contributed by atoms with E-state index in [1.54, 1.807) is 24.3 Å². The van der Waals surface area contributed by atoms with Crippen molar-refractivity contribution in [3.05, 3.63) is 35.4 Å². The van der Waals surface area contributed by atoms with Gasteiger partial charge in [-0.15, -0.1) is 0 Å². The van der Waals surface area contributed by atoms with Gasteiger partial charge in [0.1, 0.15) is 0 Å². The largest absolute Gasteiger partial charge is 0.342 e. The van der Waals surface area contributed by atoms with Gasteiger partial charge in [0.2, 0.25) is 0 Å². The van der Waals surface area contributed by atoms with E-state index in [-0.39, 0.29) is 18.2 Å². The fraction of sp³-hybridized carbons (Fsp3) is 0.357. The van der Waals surface area contributed by atoms with Gasteiger partial charge in [-0.1, -0.05) is 18.6 Å². The quantitative estimate of drug-likeness (QED) is 0.371. The number of carbonyl (C=O) groups excluding carboxylic acids is 3. The number of fused-ring (bicyclic) bond motifs is 1. The Kier molecular flexibility index (Phi) is 4.47. The van der Waals surface area contributed by atoms with Crippen LogP contribution in [0.15, 0.2) is 24.3 Å². The van der Waals surface area contributed by atoms with Crippen molar-refractivity contribution in [1.82, 2.24) is 4.90 Å². The van der Waals surface area contributed by atoms with Gasteiger partial charge in [-0.05, 0) is 25.0 Å². The topological polar surface area (TPSA) is 83.9 Å². The summed E-state index contributed by atoms with van der Waals surface area (Å²) in [5.41, 5.74) is 0.891. The van der Waals surface area contributed by atoms with Gasteiger partial charge in [0.15, 0.2) is 0 Å². The van der Waals surface area contributed by atoms with Gasteiger partial charge in [-0.25, -0.2) is 4.79 Å². The van der Waals surface area contributed by atoms with Crippen LogP contribution in [-0.2, 0) is 9.68 Å². The van der Waals surface area contributed by atoms with Gasteiger partial charge >= 0.3 is 5.97 Å². The Morgan fingerprint density at radius 1 is 1.05 bits per heavy atom. The first kappa shape index (κ1) is 14.2. The van der Waals surface area contributed by atoms with Crippen molar-refractivity contribution in [3.8, 4) is 0 Å². The van der Waals surface area contributed by atoms with Crippen LogP contribution in [0.5, 0.6) is 0 Å². The first-order valence-corrected chi connectivity index (χ1v) is 6.44. The van der Waals surface area contributed by atoms with Crippen molar-refractivity contribution < 1.29 is 24.5 Å². The minimum absolute atomic E-state index is 0.124. The molecule has 106 valence electrons. The molecule has 0 unspecified atom stereocenters. The molecule has 6 heteroatoms. The zero-order valence-electron chi connectivity index (χ0n) is 10.9. The van der Waals surface area contributed by atoms with Crippen molar-refractivity contribution >= 4 is 17.8 Å². The Hall–Kier alpha value is -2.21. The monoisotopic (exact) mass is 277 g/mol. The summed E-state index contributed by atoms with van der Waals surface area (Å²) in [6.45, 7) is 0.334. The van der Waals surface area contributed by atoms with Crippen molar-refractivity contribution in [3.63, 3.8) is 0 Å². The molecule has 1 aliphatic heterocycles. The van der Waals surface area contributed by atoms with Crippen molar-refractivity contribution in [2.75, 3.05) is 6.54 Å². The fourth-order valence-electron chi connectivity index (χ4n) is 2.20. The second-order valence-corrected chi connectivity index (χ2v) is 4.58. The number of amides is 2. The summed E-state index contributed by atoms with van der Waals surface area (Å²) in [6.07, 6.45) is 1.95. The lowest BCUT2D eigenvalue weighted by molar-refractivity contribution is -0.234. The van der Waals surface area contributed by atoms with Gasteiger partial charge in [-0.3, -0.25) is 14.5 Å². The number of imide groups is 1. The molecule has 0 bridgehead atoms. The van der Waals surface area contributed by atoms with E-state index >= 15 is 0 Å². The average Bonchev–Trinajstić information content (AvgIpc) is 2.71. The summed E-state index contributed by atoms with van der Waals surface area (Å²) in [6, 6.07) is 6.75. The van der Waals surface area contributed by atoms with Gasteiger partial charge in [0, 0.05) is 13.0 Å². The van der Waals surface area contributed by atoms with Crippen LogP contribution in [0.25, 0.3) is 0 Å². The molecule has 0 aliphatic carbocycles. The molecule has 1 aromatic rings. The standard InChI is InChI=1S/C14H15NO5/c16-12(20-19)8-2-1-5-9-15-13(17)10-6-3-4-7-11(10)14(15)18/h3-4,6-7,19H,1-2,5,8-9H2. The molecule has 20 heavy (non-hydrogen) atoms. The number of carbonyl (C=O) groups is 3. The highest BCUT2D eigenvalue weighted by molar-refractivity contribution is 6.21. The molecule has 0 radical (unpaired) electrons. The Morgan fingerprint density at radius 3 is 2.20 bits per heavy atom. The Morgan fingerprint density at radius 2 is 1.65 bits per heavy atom. The highest BCUT2D eigenvalue weighted by Gasteiger charge is 2.34. The number of hydrogen-bond donors (Lipinski definition) is 1. The van der Waals surface area contributed by atoms with Gasteiger partial charge in [0.25, 0.3) is 11.8 Å². The fourth-order valence-corrected chi connectivity index (χ4v) is 2.20. The van der Waals surface area contributed by atoms with Crippen LogP contribution in [0.1, 0.15) is 46.4 Å². The second-order valence-electron chi connectivity index (χ2n) is 4.58. The van der Waals surface area contributed by atoms with E-state index in [0.29, 0.717) is 36.9 Å². The second kappa shape index (κ2) is 6.29. The van der Waals surface area contributed by atoms with E-state index in [0.717, 1.165) is 0 Å². The number of nitrogens with zero attached hydrogens (tertiary/aromatic N) is 1. The predicted molar refractivity (Wildman–Crippen MR) is 69.0 cm³/mol. The molecule has 1 aromatic carbocycles. The predicted octanol–water partition coefficient (Wildman–Crippen LogP) is 1.86. The molecule has 1 N–H and O–H groups in total. The highest BCUT2D eigenvalue weighted by Crippen LogP contribution is 2.22. The summed E-state index contributed by atoms with van der Waals surface area (Å²) < 4.78 is 0. The zero-order valence-corrected chi connectivity index (χ0v) is 10.9. The molecule has 0 saturated heterocycles. The third-order valence-corrected chi connectivity index (χ3v) is 3.24. The molecular formula is C14H15NO5. The van der Waals surface area contributed by atoms with Crippen LogP contribution >= 0.6 is 0 Å². The minimum atomic E-state index is -0.675. The van der Waals surface area contributed by atoms with E-state index < -0.39 is 5.97 Å². The number of benzene rings is 1. The van der Waals surface area contributed by atoms with Crippen molar-refractivity contribution in [2.45, 2.75) is 25.7 Å². The zero-order chi connectivity index (χ0) is 14.5. The molecule has 2 amide bonds.